The summed E-state index contributed by atoms with van der Waals surface area (Å²) < 4.78 is 30.0. The van der Waals surface area contributed by atoms with Crippen molar-refractivity contribution in [1.82, 2.24) is 4.31 Å². The van der Waals surface area contributed by atoms with Crippen molar-refractivity contribution < 1.29 is 12.8 Å². The maximum absolute atomic E-state index is 11.9. The molecule has 1 aromatic heterocycles. The molecule has 0 saturated heterocycles. The summed E-state index contributed by atoms with van der Waals surface area (Å²) in [5, 5.41) is 3.98. The zero-order chi connectivity index (χ0) is 14.6. The maximum Gasteiger partial charge on any atom is 0.242 e. The van der Waals surface area contributed by atoms with Crippen LogP contribution in [0.5, 0.6) is 0 Å². The van der Waals surface area contributed by atoms with Gasteiger partial charge in [0, 0.05) is 14.1 Å². The fourth-order valence-electron chi connectivity index (χ4n) is 1.45. The molecule has 20 heavy (non-hydrogen) atoms. The highest BCUT2D eigenvalue weighted by molar-refractivity contribution is 7.89. The molecule has 0 amide bonds. The first-order valence-electron chi connectivity index (χ1n) is 5.85. The van der Waals surface area contributed by atoms with Crippen LogP contribution < -0.4 is 5.43 Å². The van der Waals surface area contributed by atoms with Gasteiger partial charge in [-0.25, -0.2) is 12.7 Å². The van der Waals surface area contributed by atoms with Crippen molar-refractivity contribution >= 4 is 21.9 Å². The molecule has 7 heteroatoms. The molecule has 0 saturated carbocycles. The van der Waals surface area contributed by atoms with E-state index in [1.54, 1.807) is 30.5 Å². The maximum atomic E-state index is 11.9. The summed E-state index contributed by atoms with van der Waals surface area (Å²) in [5.74, 6) is 0.629. The molecule has 0 fully saturated rings. The average Bonchev–Trinajstić information content (AvgIpc) is 2.92. The van der Waals surface area contributed by atoms with E-state index in [1.807, 2.05) is 0 Å². The van der Waals surface area contributed by atoms with Gasteiger partial charge in [-0.05, 0) is 36.4 Å². The van der Waals surface area contributed by atoms with Gasteiger partial charge in [0.05, 0.1) is 23.1 Å². The third-order valence-electron chi connectivity index (χ3n) is 2.56. The second kappa shape index (κ2) is 5.89. The smallest absolute Gasteiger partial charge is 0.242 e. The summed E-state index contributed by atoms with van der Waals surface area (Å²) in [6.45, 7) is 0. The van der Waals surface area contributed by atoms with E-state index in [2.05, 4.69) is 10.5 Å². The molecular formula is C13H15N3O3S. The lowest BCUT2D eigenvalue weighted by atomic mass is 10.3. The number of nitrogens with zero attached hydrogens (tertiary/aromatic N) is 2. The van der Waals surface area contributed by atoms with E-state index in [4.69, 9.17) is 4.42 Å². The minimum absolute atomic E-state index is 0.239. The molecule has 2 rings (SSSR count). The van der Waals surface area contributed by atoms with E-state index in [0.717, 1.165) is 0 Å². The molecule has 1 aromatic carbocycles. The Morgan fingerprint density at radius 3 is 2.45 bits per heavy atom. The lowest BCUT2D eigenvalue weighted by molar-refractivity contribution is 0.521. The van der Waals surface area contributed by atoms with Crippen molar-refractivity contribution in [1.29, 1.82) is 0 Å². The largest absolute Gasteiger partial charge is 0.463 e. The number of nitrogens with one attached hydrogen (secondary N) is 1. The first-order valence-corrected chi connectivity index (χ1v) is 7.29. The van der Waals surface area contributed by atoms with Gasteiger partial charge in [0.25, 0.3) is 0 Å². The molecular weight excluding hydrogens is 278 g/mol. The molecule has 106 valence electrons. The highest BCUT2D eigenvalue weighted by atomic mass is 32.2. The minimum Gasteiger partial charge on any atom is -0.463 e. The molecule has 0 unspecified atom stereocenters. The van der Waals surface area contributed by atoms with Gasteiger partial charge in [-0.1, -0.05) is 0 Å². The quantitative estimate of drug-likeness (QED) is 0.675. The molecule has 0 radical (unpaired) electrons. The standard InChI is InChI=1S/C13H15N3O3S/c1-16(2)20(17,18)13-7-5-11(6-8-13)15-14-10-12-4-3-9-19-12/h3-10,15H,1-2H3/b14-10+. The van der Waals surface area contributed by atoms with Gasteiger partial charge < -0.3 is 4.42 Å². The van der Waals surface area contributed by atoms with Crippen molar-refractivity contribution in [2.45, 2.75) is 4.90 Å². The van der Waals surface area contributed by atoms with E-state index < -0.39 is 10.0 Å². The van der Waals surface area contributed by atoms with Crippen LogP contribution in [-0.2, 0) is 10.0 Å². The average molecular weight is 293 g/mol. The van der Waals surface area contributed by atoms with E-state index in [1.165, 1.54) is 36.7 Å². The number of anilines is 1. The van der Waals surface area contributed by atoms with Crippen LogP contribution >= 0.6 is 0 Å². The van der Waals surface area contributed by atoms with Gasteiger partial charge in [-0.3, -0.25) is 5.43 Å². The fourth-order valence-corrected chi connectivity index (χ4v) is 2.35. The molecule has 6 nitrogen and oxygen atoms in total. The highest BCUT2D eigenvalue weighted by Gasteiger charge is 2.16. The Morgan fingerprint density at radius 2 is 1.90 bits per heavy atom. The van der Waals surface area contributed by atoms with Gasteiger partial charge in [-0.2, -0.15) is 5.10 Å². The van der Waals surface area contributed by atoms with Crippen LogP contribution in [0, 0.1) is 0 Å². The second-order valence-electron chi connectivity index (χ2n) is 4.20. The Hall–Kier alpha value is -2.12. The van der Waals surface area contributed by atoms with Gasteiger partial charge in [0.2, 0.25) is 10.0 Å². The van der Waals surface area contributed by atoms with E-state index in [-0.39, 0.29) is 4.90 Å². The van der Waals surface area contributed by atoms with Gasteiger partial charge in [0.15, 0.2) is 0 Å². The van der Waals surface area contributed by atoms with E-state index in [9.17, 15) is 8.42 Å². The van der Waals surface area contributed by atoms with Gasteiger partial charge in [-0.15, -0.1) is 0 Å². The summed E-state index contributed by atoms with van der Waals surface area (Å²) in [4.78, 5) is 0.239. The zero-order valence-electron chi connectivity index (χ0n) is 11.1. The molecule has 1 heterocycles. The lowest BCUT2D eigenvalue weighted by Crippen LogP contribution is -2.22. The monoisotopic (exact) mass is 293 g/mol. The first kappa shape index (κ1) is 14.3. The SMILES string of the molecule is CN(C)S(=O)(=O)c1ccc(N/N=C/c2ccco2)cc1. The predicted octanol–water partition coefficient (Wildman–Crippen LogP) is 1.98. The Kier molecular flexibility index (Phi) is 4.21. The lowest BCUT2D eigenvalue weighted by Gasteiger charge is -2.11. The van der Waals surface area contributed by atoms with Crippen LogP contribution in [0.25, 0.3) is 0 Å². The number of hydrogen-bond donors (Lipinski definition) is 1. The number of hydrogen-bond acceptors (Lipinski definition) is 5. The normalized spacial score (nSPS) is 12.2. The Morgan fingerprint density at radius 1 is 1.20 bits per heavy atom. The summed E-state index contributed by atoms with van der Waals surface area (Å²) in [7, 11) is -0.407. The Balaban J connectivity index is 2.06. The number of hydrazone groups is 1. The zero-order valence-corrected chi connectivity index (χ0v) is 12.0. The van der Waals surface area contributed by atoms with Crippen LogP contribution in [0.15, 0.2) is 57.1 Å². The van der Waals surface area contributed by atoms with Crippen LogP contribution in [0.4, 0.5) is 5.69 Å². The van der Waals surface area contributed by atoms with Gasteiger partial charge >= 0.3 is 0 Å². The van der Waals surface area contributed by atoms with Crippen molar-refractivity contribution in [2.75, 3.05) is 19.5 Å². The Labute approximate surface area is 117 Å². The predicted molar refractivity (Wildman–Crippen MR) is 77.2 cm³/mol. The van der Waals surface area contributed by atoms with Crippen molar-refractivity contribution in [3.8, 4) is 0 Å². The number of furan rings is 1. The van der Waals surface area contributed by atoms with Gasteiger partial charge in [0.1, 0.15) is 5.76 Å². The number of sulfonamides is 1. The fraction of sp³-hybridized carbons (Fsp3) is 0.154. The van der Waals surface area contributed by atoms with E-state index >= 15 is 0 Å². The van der Waals surface area contributed by atoms with Crippen molar-refractivity contribution in [3.63, 3.8) is 0 Å². The van der Waals surface area contributed by atoms with E-state index in [0.29, 0.717) is 11.4 Å². The van der Waals surface area contributed by atoms with Crippen LogP contribution in [0.2, 0.25) is 0 Å². The molecule has 0 bridgehead atoms. The molecule has 0 aliphatic heterocycles. The van der Waals surface area contributed by atoms with Crippen molar-refractivity contribution in [2.24, 2.45) is 5.10 Å². The summed E-state index contributed by atoms with van der Waals surface area (Å²) >= 11 is 0. The van der Waals surface area contributed by atoms with Crippen LogP contribution in [-0.4, -0.2) is 33.0 Å². The molecule has 1 N–H and O–H groups in total. The molecule has 0 aliphatic rings. The summed E-state index contributed by atoms with van der Waals surface area (Å²) in [5.41, 5.74) is 3.48. The topological polar surface area (TPSA) is 74.9 Å². The molecule has 0 atom stereocenters. The van der Waals surface area contributed by atoms with Crippen molar-refractivity contribution in [3.05, 3.63) is 48.4 Å². The van der Waals surface area contributed by atoms with Crippen LogP contribution in [0.3, 0.4) is 0 Å². The summed E-state index contributed by atoms with van der Waals surface area (Å²) in [6, 6.07) is 9.89. The number of rotatable bonds is 5. The first-order chi connectivity index (χ1) is 9.50. The minimum atomic E-state index is -3.40. The number of benzene rings is 1. The van der Waals surface area contributed by atoms with Crippen LogP contribution in [0.1, 0.15) is 5.76 Å². The third kappa shape index (κ3) is 3.25. The highest BCUT2D eigenvalue weighted by Crippen LogP contribution is 2.16. The summed E-state index contributed by atoms with van der Waals surface area (Å²) in [6.07, 6.45) is 3.09. The molecule has 0 spiro atoms. The Bertz CT molecular complexity index is 674. The molecule has 0 aliphatic carbocycles. The molecule has 2 aromatic rings. The second-order valence-corrected chi connectivity index (χ2v) is 6.35. The third-order valence-corrected chi connectivity index (χ3v) is 4.39.